The molecule has 1 rings (SSSR count). The lowest BCUT2D eigenvalue weighted by Crippen LogP contribution is -1.96. The zero-order valence-electron chi connectivity index (χ0n) is 7.40. The third-order valence-corrected chi connectivity index (χ3v) is 1.66. The summed E-state index contributed by atoms with van der Waals surface area (Å²) in [6, 6.07) is 5.55. The van der Waals surface area contributed by atoms with E-state index in [9.17, 15) is 9.18 Å². The fourth-order valence-corrected chi connectivity index (χ4v) is 0.947. The molecule has 0 aliphatic rings. The van der Waals surface area contributed by atoms with Crippen LogP contribution in [-0.2, 0) is 4.79 Å². The van der Waals surface area contributed by atoms with Crippen molar-refractivity contribution in [3.8, 4) is 0 Å². The second-order valence-corrected chi connectivity index (χ2v) is 2.66. The molecule has 0 saturated carbocycles. The van der Waals surface area contributed by atoms with Gasteiger partial charge in [0, 0.05) is 0 Å². The highest BCUT2D eigenvalue weighted by molar-refractivity contribution is 5.95. The molecule has 0 amide bonds. The molecule has 0 atom stereocenters. The summed E-state index contributed by atoms with van der Waals surface area (Å²) in [5.74, 6) is -1.40. The molecular weight excluding hydrogens is 183 g/mol. The summed E-state index contributed by atoms with van der Waals surface area (Å²) in [6.45, 7) is 3.37. The van der Waals surface area contributed by atoms with E-state index >= 15 is 0 Å². The Morgan fingerprint density at radius 2 is 1.93 bits per heavy atom. The van der Waals surface area contributed by atoms with Gasteiger partial charge in [-0.1, -0.05) is 24.8 Å². The fraction of sp³-hybridized carbons (Fsp3) is 0. The predicted molar refractivity (Wildman–Crippen MR) is 52.2 cm³/mol. The van der Waals surface area contributed by atoms with Crippen LogP contribution in [0.1, 0.15) is 5.56 Å². The number of aliphatic carboxylic acids is 1. The number of hydrogen-bond donors (Lipinski definition) is 1. The number of rotatable bonds is 3. The van der Waals surface area contributed by atoms with Gasteiger partial charge in [0.2, 0.25) is 0 Å². The Hall–Kier alpha value is -1.90. The van der Waals surface area contributed by atoms with Crippen molar-refractivity contribution in [2.45, 2.75) is 0 Å². The number of hydrogen-bond acceptors (Lipinski definition) is 1. The van der Waals surface area contributed by atoms with E-state index in [-0.39, 0.29) is 11.4 Å². The molecule has 1 aromatic rings. The van der Waals surface area contributed by atoms with Crippen molar-refractivity contribution < 1.29 is 14.3 Å². The summed E-state index contributed by atoms with van der Waals surface area (Å²) in [7, 11) is 0. The van der Waals surface area contributed by atoms with E-state index in [4.69, 9.17) is 5.11 Å². The minimum Gasteiger partial charge on any atom is -0.478 e. The lowest BCUT2D eigenvalue weighted by molar-refractivity contribution is -0.132. The third-order valence-electron chi connectivity index (χ3n) is 1.66. The van der Waals surface area contributed by atoms with Crippen LogP contribution in [0, 0.1) is 5.82 Å². The fourth-order valence-electron chi connectivity index (χ4n) is 0.947. The van der Waals surface area contributed by atoms with Crippen molar-refractivity contribution in [3.05, 3.63) is 53.9 Å². The van der Waals surface area contributed by atoms with Gasteiger partial charge in [-0.3, -0.25) is 0 Å². The van der Waals surface area contributed by atoms with E-state index in [0.29, 0.717) is 5.56 Å². The van der Waals surface area contributed by atoms with Crippen molar-refractivity contribution in [2.24, 2.45) is 0 Å². The predicted octanol–water partition coefficient (Wildman–Crippen LogP) is 2.48. The summed E-state index contributed by atoms with van der Waals surface area (Å²) in [5, 5.41) is 8.68. The molecule has 0 aromatic heterocycles. The normalized spacial score (nSPS) is 11.1. The van der Waals surface area contributed by atoms with Crippen LogP contribution < -0.4 is 0 Å². The first-order valence-electron chi connectivity index (χ1n) is 3.96. The summed E-state index contributed by atoms with van der Waals surface area (Å²) in [4.78, 5) is 10.6. The molecule has 14 heavy (non-hydrogen) atoms. The molecule has 3 heteroatoms. The standard InChI is InChI=1S/C11H9FO2/c1-2-9(11(13)14)7-8-3-5-10(12)6-4-8/h2-7H,1H2,(H,13,14). The van der Waals surface area contributed by atoms with E-state index in [1.807, 2.05) is 0 Å². The number of carboxylic acid groups (broad SMARTS) is 1. The number of carbonyl (C=O) groups is 1. The maximum Gasteiger partial charge on any atom is 0.335 e. The Bertz CT molecular complexity index is 377. The van der Waals surface area contributed by atoms with Crippen LogP contribution in [-0.4, -0.2) is 11.1 Å². The number of halogens is 1. The monoisotopic (exact) mass is 192 g/mol. The van der Waals surface area contributed by atoms with Crippen LogP contribution in [0.3, 0.4) is 0 Å². The second kappa shape index (κ2) is 4.37. The van der Waals surface area contributed by atoms with Crippen LogP contribution in [0.25, 0.3) is 6.08 Å². The third kappa shape index (κ3) is 2.55. The van der Waals surface area contributed by atoms with Gasteiger partial charge in [0.25, 0.3) is 0 Å². The highest BCUT2D eigenvalue weighted by Gasteiger charge is 2.01. The Labute approximate surface area is 81.0 Å². The van der Waals surface area contributed by atoms with Gasteiger partial charge in [-0.25, -0.2) is 9.18 Å². The molecule has 1 N–H and O–H groups in total. The number of carboxylic acids is 1. The highest BCUT2D eigenvalue weighted by atomic mass is 19.1. The zero-order valence-corrected chi connectivity index (χ0v) is 7.40. The Morgan fingerprint density at radius 1 is 1.36 bits per heavy atom. The Kier molecular flexibility index (Phi) is 3.18. The largest absolute Gasteiger partial charge is 0.478 e. The van der Waals surface area contributed by atoms with E-state index in [1.165, 1.54) is 36.4 Å². The minimum absolute atomic E-state index is 0.0802. The maximum atomic E-state index is 12.5. The molecule has 0 saturated heterocycles. The van der Waals surface area contributed by atoms with Gasteiger partial charge in [-0.05, 0) is 23.8 Å². The first-order valence-corrected chi connectivity index (χ1v) is 3.96. The minimum atomic E-state index is -1.05. The molecule has 2 nitrogen and oxygen atoms in total. The zero-order chi connectivity index (χ0) is 10.6. The molecule has 1 aromatic carbocycles. The average Bonchev–Trinajstić information content (AvgIpc) is 2.16. The van der Waals surface area contributed by atoms with Crippen molar-refractivity contribution in [3.63, 3.8) is 0 Å². The summed E-state index contributed by atoms with van der Waals surface area (Å²) in [6.07, 6.45) is 2.67. The molecule has 0 bridgehead atoms. The molecule has 0 aliphatic carbocycles. The van der Waals surface area contributed by atoms with Crippen molar-refractivity contribution in [1.29, 1.82) is 0 Å². The smallest absolute Gasteiger partial charge is 0.335 e. The van der Waals surface area contributed by atoms with E-state index in [2.05, 4.69) is 6.58 Å². The van der Waals surface area contributed by atoms with Gasteiger partial charge in [0.05, 0.1) is 5.57 Å². The van der Waals surface area contributed by atoms with Gasteiger partial charge >= 0.3 is 5.97 Å². The molecule has 0 fully saturated rings. The lowest BCUT2D eigenvalue weighted by Gasteiger charge is -1.95. The van der Waals surface area contributed by atoms with Crippen molar-refractivity contribution in [2.75, 3.05) is 0 Å². The van der Waals surface area contributed by atoms with Crippen LogP contribution in [0.5, 0.6) is 0 Å². The summed E-state index contributed by atoms with van der Waals surface area (Å²) >= 11 is 0. The van der Waals surface area contributed by atoms with Crippen LogP contribution in [0.15, 0.2) is 42.5 Å². The topological polar surface area (TPSA) is 37.3 Å². The first-order chi connectivity index (χ1) is 6.63. The molecular formula is C11H9FO2. The Morgan fingerprint density at radius 3 is 2.36 bits per heavy atom. The molecule has 72 valence electrons. The molecule has 0 spiro atoms. The SMILES string of the molecule is C=CC(=Cc1ccc(F)cc1)C(=O)O. The van der Waals surface area contributed by atoms with Crippen LogP contribution >= 0.6 is 0 Å². The van der Waals surface area contributed by atoms with Crippen molar-refractivity contribution in [1.82, 2.24) is 0 Å². The van der Waals surface area contributed by atoms with Gasteiger partial charge in [-0.15, -0.1) is 0 Å². The number of benzene rings is 1. The van der Waals surface area contributed by atoms with Gasteiger partial charge in [-0.2, -0.15) is 0 Å². The molecule has 0 radical (unpaired) electrons. The van der Waals surface area contributed by atoms with Crippen molar-refractivity contribution >= 4 is 12.0 Å². The lowest BCUT2D eigenvalue weighted by atomic mass is 10.1. The van der Waals surface area contributed by atoms with E-state index < -0.39 is 5.97 Å². The van der Waals surface area contributed by atoms with Gasteiger partial charge in [0.1, 0.15) is 5.82 Å². The van der Waals surface area contributed by atoms with Crippen LogP contribution in [0.4, 0.5) is 4.39 Å². The van der Waals surface area contributed by atoms with Gasteiger partial charge < -0.3 is 5.11 Å². The molecule has 0 heterocycles. The first kappa shape index (κ1) is 10.2. The summed E-state index contributed by atoms with van der Waals surface area (Å²) < 4.78 is 12.5. The highest BCUT2D eigenvalue weighted by Crippen LogP contribution is 2.09. The molecule has 0 aliphatic heterocycles. The van der Waals surface area contributed by atoms with E-state index in [1.54, 1.807) is 0 Å². The Balaban J connectivity index is 3.01. The van der Waals surface area contributed by atoms with Crippen LogP contribution in [0.2, 0.25) is 0 Å². The molecule has 0 unspecified atom stereocenters. The maximum absolute atomic E-state index is 12.5. The van der Waals surface area contributed by atoms with Gasteiger partial charge in [0.15, 0.2) is 0 Å². The average molecular weight is 192 g/mol. The van der Waals surface area contributed by atoms with E-state index in [0.717, 1.165) is 0 Å². The second-order valence-electron chi connectivity index (χ2n) is 2.66. The quantitative estimate of drug-likeness (QED) is 0.590. The summed E-state index contributed by atoms with van der Waals surface area (Å²) in [5.41, 5.74) is 0.709.